The van der Waals surface area contributed by atoms with Gasteiger partial charge < -0.3 is 19.9 Å². The van der Waals surface area contributed by atoms with Crippen molar-refractivity contribution in [2.45, 2.75) is 26.4 Å². The summed E-state index contributed by atoms with van der Waals surface area (Å²) in [4.78, 5) is 10.6. The summed E-state index contributed by atoms with van der Waals surface area (Å²) in [6, 6.07) is 3.92. The number of methoxy groups -OCH3 is 1. The molecular weight excluding hydrogens is 282 g/mol. The largest absolute Gasteiger partial charge is 0.379 e. The molecule has 1 saturated heterocycles. The van der Waals surface area contributed by atoms with E-state index in [1.54, 1.807) is 7.11 Å². The monoisotopic (exact) mass is 303 g/mol. The number of nitrogen functional groups attached to an aromatic ring is 1. The van der Waals surface area contributed by atoms with Crippen LogP contribution in [0.3, 0.4) is 0 Å². The standard InChI is InChI=1S/C15H21N5O2/c1-9-5-14(18-15(16)17-9)20-7-11(13(8-20)21-3)6-12-4-10(2)19-22-12/h4-5,11,13H,6-8H2,1-3H3,(H2,16,17,18). The Hall–Kier alpha value is -2.15. The van der Waals surface area contributed by atoms with E-state index in [-0.39, 0.29) is 6.10 Å². The van der Waals surface area contributed by atoms with E-state index in [2.05, 4.69) is 20.0 Å². The first-order valence-corrected chi connectivity index (χ1v) is 7.36. The molecule has 1 aliphatic rings. The van der Waals surface area contributed by atoms with E-state index in [0.29, 0.717) is 11.9 Å². The second kappa shape index (κ2) is 5.92. The third-order valence-electron chi connectivity index (χ3n) is 4.01. The lowest BCUT2D eigenvalue weighted by Gasteiger charge is -2.17. The van der Waals surface area contributed by atoms with Crippen LogP contribution in [-0.2, 0) is 11.2 Å². The quantitative estimate of drug-likeness (QED) is 0.911. The minimum Gasteiger partial charge on any atom is -0.379 e. The van der Waals surface area contributed by atoms with E-state index >= 15 is 0 Å². The Kier molecular flexibility index (Phi) is 3.98. The van der Waals surface area contributed by atoms with Gasteiger partial charge in [0.25, 0.3) is 0 Å². The summed E-state index contributed by atoms with van der Waals surface area (Å²) < 4.78 is 11.0. The van der Waals surface area contributed by atoms with Crippen LogP contribution in [0, 0.1) is 19.8 Å². The van der Waals surface area contributed by atoms with Crippen molar-refractivity contribution in [3.05, 3.63) is 29.3 Å². The summed E-state index contributed by atoms with van der Waals surface area (Å²) in [6.45, 7) is 5.46. The van der Waals surface area contributed by atoms with Crippen molar-refractivity contribution in [1.29, 1.82) is 0 Å². The van der Waals surface area contributed by atoms with E-state index < -0.39 is 0 Å². The Balaban J connectivity index is 1.76. The molecule has 118 valence electrons. The number of nitrogens with two attached hydrogens (primary N) is 1. The minimum atomic E-state index is 0.127. The Bertz CT molecular complexity index is 637. The molecule has 1 aliphatic heterocycles. The van der Waals surface area contributed by atoms with Crippen LogP contribution >= 0.6 is 0 Å². The molecule has 0 aliphatic carbocycles. The molecule has 0 amide bonds. The summed E-state index contributed by atoms with van der Waals surface area (Å²) in [7, 11) is 1.74. The van der Waals surface area contributed by atoms with E-state index in [4.69, 9.17) is 15.0 Å². The van der Waals surface area contributed by atoms with Gasteiger partial charge in [0.1, 0.15) is 11.6 Å². The number of aryl methyl sites for hydroxylation is 2. The van der Waals surface area contributed by atoms with Gasteiger partial charge >= 0.3 is 0 Å². The number of ether oxygens (including phenoxy) is 1. The lowest BCUT2D eigenvalue weighted by Crippen LogP contribution is -2.24. The van der Waals surface area contributed by atoms with Crippen molar-refractivity contribution in [3.63, 3.8) is 0 Å². The highest BCUT2D eigenvalue weighted by atomic mass is 16.5. The smallest absolute Gasteiger partial charge is 0.222 e. The fraction of sp³-hybridized carbons (Fsp3) is 0.533. The number of rotatable bonds is 4. The first kappa shape index (κ1) is 14.8. The number of hydrogen-bond acceptors (Lipinski definition) is 7. The average molecular weight is 303 g/mol. The normalized spacial score (nSPS) is 21.5. The molecule has 0 radical (unpaired) electrons. The van der Waals surface area contributed by atoms with Crippen LogP contribution in [0.5, 0.6) is 0 Å². The van der Waals surface area contributed by atoms with Gasteiger partial charge in [0, 0.05) is 50.4 Å². The van der Waals surface area contributed by atoms with Crippen molar-refractivity contribution in [1.82, 2.24) is 15.1 Å². The number of hydrogen-bond donors (Lipinski definition) is 1. The second-order valence-electron chi connectivity index (χ2n) is 5.80. The molecule has 0 spiro atoms. The molecule has 2 N–H and O–H groups in total. The van der Waals surface area contributed by atoms with Crippen LogP contribution in [-0.4, -0.2) is 41.4 Å². The number of nitrogens with zero attached hydrogens (tertiary/aromatic N) is 4. The van der Waals surface area contributed by atoms with Gasteiger partial charge in [-0.2, -0.15) is 4.98 Å². The van der Waals surface area contributed by atoms with Gasteiger partial charge in [0.15, 0.2) is 0 Å². The minimum absolute atomic E-state index is 0.127. The summed E-state index contributed by atoms with van der Waals surface area (Å²) in [6.07, 6.45) is 0.928. The zero-order valence-electron chi connectivity index (χ0n) is 13.1. The van der Waals surface area contributed by atoms with Gasteiger partial charge in [-0.3, -0.25) is 0 Å². The highest BCUT2D eigenvalue weighted by Crippen LogP contribution is 2.27. The molecule has 0 aromatic carbocycles. The molecule has 2 unspecified atom stereocenters. The molecule has 2 aromatic rings. The predicted octanol–water partition coefficient (Wildman–Crippen LogP) is 1.36. The van der Waals surface area contributed by atoms with Crippen LogP contribution in [0.1, 0.15) is 17.1 Å². The maximum absolute atomic E-state index is 5.75. The third kappa shape index (κ3) is 3.04. The second-order valence-corrected chi connectivity index (χ2v) is 5.80. The Labute approximate surface area is 129 Å². The molecule has 22 heavy (non-hydrogen) atoms. The van der Waals surface area contributed by atoms with Crippen molar-refractivity contribution in [2.75, 3.05) is 30.8 Å². The summed E-state index contributed by atoms with van der Waals surface area (Å²) in [5, 5.41) is 3.94. The topological polar surface area (TPSA) is 90.3 Å². The van der Waals surface area contributed by atoms with Crippen molar-refractivity contribution in [2.24, 2.45) is 5.92 Å². The molecule has 3 heterocycles. The molecule has 3 rings (SSSR count). The third-order valence-corrected chi connectivity index (χ3v) is 4.01. The molecular formula is C15H21N5O2. The van der Waals surface area contributed by atoms with Crippen molar-refractivity contribution >= 4 is 11.8 Å². The molecule has 7 heteroatoms. The molecule has 7 nitrogen and oxygen atoms in total. The van der Waals surface area contributed by atoms with Crippen LogP contribution in [0.2, 0.25) is 0 Å². The van der Waals surface area contributed by atoms with Gasteiger partial charge in [-0.1, -0.05) is 5.16 Å². The van der Waals surface area contributed by atoms with Crippen molar-refractivity contribution < 1.29 is 9.26 Å². The van der Waals surface area contributed by atoms with Gasteiger partial charge in [0.2, 0.25) is 5.95 Å². The Morgan fingerprint density at radius 2 is 2.09 bits per heavy atom. The number of aromatic nitrogens is 3. The maximum atomic E-state index is 5.75. The summed E-state index contributed by atoms with van der Waals surface area (Å²) >= 11 is 0. The van der Waals surface area contributed by atoms with E-state index in [9.17, 15) is 0 Å². The van der Waals surface area contributed by atoms with E-state index in [0.717, 1.165) is 42.5 Å². The molecule has 0 saturated carbocycles. The maximum Gasteiger partial charge on any atom is 0.222 e. The van der Waals surface area contributed by atoms with Crippen LogP contribution in [0.4, 0.5) is 11.8 Å². The zero-order valence-corrected chi connectivity index (χ0v) is 13.1. The first-order chi connectivity index (χ1) is 10.5. The summed E-state index contributed by atoms with van der Waals surface area (Å²) in [5.74, 6) is 2.38. The predicted molar refractivity (Wildman–Crippen MR) is 82.6 cm³/mol. The molecule has 2 aromatic heterocycles. The van der Waals surface area contributed by atoms with Gasteiger partial charge in [0.05, 0.1) is 11.8 Å². The SMILES string of the molecule is COC1CN(c2cc(C)nc(N)n2)CC1Cc1cc(C)no1. The van der Waals surface area contributed by atoms with E-state index in [1.165, 1.54) is 0 Å². The first-order valence-electron chi connectivity index (χ1n) is 7.36. The van der Waals surface area contributed by atoms with E-state index in [1.807, 2.05) is 26.0 Å². The molecule has 1 fully saturated rings. The Morgan fingerprint density at radius 3 is 2.73 bits per heavy atom. The van der Waals surface area contributed by atoms with Gasteiger partial charge in [-0.15, -0.1) is 0 Å². The molecule has 2 atom stereocenters. The van der Waals surface area contributed by atoms with Gasteiger partial charge in [-0.05, 0) is 13.8 Å². The van der Waals surface area contributed by atoms with Crippen molar-refractivity contribution in [3.8, 4) is 0 Å². The van der Waals surface area contributed by atoms with Crippen LogP contribution < -0.4 is 10.6 Å². The fourth-order valence-corrected chi connectivity index (χ4v) is 3.00. The van der Waals surface area contributed by atoms with Crippen LogP contribution in [0.25, 0.3) is 0 Å². The summed E-state index contributed by atoms with van der Waals surface area (Å²) in [5.41, 5.74) is 7.52. The lowest BCUT2D eigenvalue weighted by molar-refractivity contribution is 0.0813. The average Bonchev–Trinajstić information content (AvgIpc) is 3.04. The van der Waals surface area contributed by atoms with Crippen LogP contribution in [0.15, 0.2) is 16.7 Å². The zero-order chi connectivity index (χ0) is 15.7. The highest BCUT2D eigenvalue weighted by molar-refractivity contribution is 5.44. The lowest BCUT2D eigenvalue weighted by atomic mass is 10.0. The fourth-order valence-electron chi connectivity index (χ4n) is 3.00. The Morgan fingerprint density at radius 1 is 1.27 bits per heavy atom. The van der Waals surface area contributed by atoms with Gasteiger partial charge in [-0.25, -0.2) is 4.98 Å². The highest BCUT2D eigenvalue weighted by Gasteiger charge is 2.34. The number of anilines is 2. The molecule has 0 bridgehead atoms.